The molecule has 4 heteroatoms. The first-order chi connectivity index (χ1) is 12.0. The zero-order chi connectivity index (χ0) is 17.7. The van der Waals surface area contributed by atoms with E-state index in [0.29, 0.717) is 0 Å². The summed E-state index contributed by atoms with van der Waals surface area (Å²) in [5, 5.41) is 2.29. The summed E-state index contributed by atoms with van der Waals surface area (Å²) in [6.45, 7) is 8.12. The maximum Gasteiger partial charge on any atom is 0.139 e. The van der Waals surface area contributed by atoms with Gasteiger partial charge in [-0.2, -0.15) is 0 Å². The second-order valence-electron chi connectivity index (χ2n) is 6.92. The normalized spacial score (nSPS) is 14.3. The lowest BCUT2D eigenvalue weighted by Crippen LogP contribution is -2.21. The Bertz CT molecular complexity index is 1150. The molecule has 0 radical (unpaired) electrons. The fourth-order valence-corrected chi connectivity index (χ4v) is 3.61. The number of ether oxygens (including phenoxy) is 1. The minimum atomic E-state index is 0.856. The van der Waals surface area contributed by atoms with Gasteiger partial charge in [0, 0.05) is 22.6 Å². The van der Waals surface area contributed by atoms with Crippen LogP contribution in [0.3, 0.4) is 0 Å². The topological polar surface area (TPSA) is 22.4 Å². The van der Waals surface area contributed by atoms with Crippen molar-refractivity contribution in [3.8, 4) is 11.5 Å². The quantitative estimate of drug-likeness (QED) is 0.494. The number of aryl methyl sites for hydroxylation is 1. The van der Waals surface area contributed by atoms with E-state index in [1.165, 1.54) is 16.6 Å². The van der Waals surface area contributed by atoms with Crippen molar-refractivity contribution in [3.05, 3.63) is 63.6 Å². The zero-order valence-electron chi connectivity index (χ0n) is 15.2. The molecule has 0 N–H and O–H groups in total. The van der Waals surface area contributed by atoms with E-state index in [0.717, 1.165) is 50.6 Å². The van der Waals surface area contributed by atoms with Gasteiger partial charge in [0.2, 0.25) is 0 Å². The largest absolute Gasteiger partial charge is 0.457 e. The van der Waals surface area contributed by atoms with Crippen LogP contribution in [-0.2, 0) is 6.42 Å². The van der Waals surface area contributed by atoms with Gasteiger partial charge in [-0.15, -0.1) is 6.58 Å². The van der Waals surface area contributed by atoms with Gasteiger partial charge in [-0.1, -0.05) is 29.1 Å². The maximum atomic E-state index is 6.25. The summed E-state index contributed by atoms with van der Waals surface area (Å²) >= 11 is 0. The number of furan rings is 1. The fourth-order valence-electron chi connectivity index (χ4n) is 3.61. The van der Waals surface area contributed by atoms with Gasteiger partial charge < -0.3 is 9.15 Å². The highest BCUT2D eigenvalue weighted by Gasteiger charge is 2.23. The average Bonchev–Trinajstić information content (AvgIpc) is 2.91. The summed E-state index contributed by atoms with van der Waals surface area (Å²) in [5.74, 6) is 1.90. The van der Waals surface area contributed by atoms with E-state index in [4.69, 9.17) is 9.15 Å². The summed E-state index contributed by atoms with van der Waals surface area (Å²) in [6, 6.07) is 8.51. The Morgan fingerprint density at radius 3 is 2.76 bits per heavy atom. The Labute approximate surface area is 149 Å². The van der Waals surface area contributed by atoms with Gasteiger partial charge in [-0.3, -0.25) is 0 Å². The zero-order valence-corrected chi connectivity index (χ0v) is 15.2. The van der Waals surface area contributed by atoms with Gasteiger partial charge in [0.25, 0.3) is 0 Å². The first-order valence-electron chi connectivity index (χ1n) is 8.64. The Morgan fingerprint density at radius 1 is 1.24 bits per heavy atom. The molecule has 2 heterocycles. The molecule has 2 nitrogen and oxygen atoms in total. The monoisotopic (exact) mass is 326 g/mol. The van der Waals surface area contributed by atoms with Crippen molar-refractivity contribution in [3.63, 3.8) is 0 Å². The van der Waals surface area contributed by atoms with Gasteiger partial charge in [-0.25, -0.2) is 0 Å². The van der Waals surface area contributed by atoms with Crippen LogP contribution in [-0.4, -0.2) is 15.7 Å². The van der Waals surface area contributed by atoms with Crippen LogP contribution in [0.25, 0.3) is 23.1 Å². The Hall–Kier alpha value is -2.61. The molecule has 25 heavy (non-hydrogen) atoms. The van der Waals surface area contributed by atoms with Crippen molar-refractivity contribution < 1.29 is 9.15 Å². The molecule has 0 fully saturated rings. The number of hydrogen-bond acceptors (Lipinski definition) is 2. The second-order valence-corrected chi connectivity index (χ2v) is 6.92. The third-order valence-corrected chi connectivity index (χ3v) is 4.75. The molecule has 0 saturated carbocycles. The Morgan fingerprint density at radius 2 is 2.04 bits per heavy atom. The minimum absolute atomic E-state index is 0.856. The highest BCUT2D eigenvalue weighted by Crippen LogP contribution is 2.39. The van der Waals surface area contributed by atoms with E-state index in [1.807, 2.05) is 13.9 Å². The van der Waals surface area contributed by atoms with E-state index < -0.39 is 0 Å². The third-order valence-electron chi connectivity index (χ3n) is 4.75. The molecule has 0 amide bonds. The third kappa shape index (κ3) is 2.53. The molecule has 1 aliphatic heterocycles. The van der Waals surface area contributed by atoms with E-state index in [-0.39, 0.29) is 0 Å². The molecule has 1 aliphatic rings. The molecule has 4 rings (SSSR count). The Kier molecular flexibility index (Phi) is 3.64. The average molecular weight is 326 g/mol. The summed E-state index contributed by atoms with van der Waals surface area (Å²) in [4.78, 5) is 0. The van der Waals surface area contributed by atoms with Gasteiger partial charge in [0.1, 0.15) is 38.2 Å². The lowest BCUT2D eigenvalue weighted by Gasteiger charge is -2.22. The molecule has 1 aromatic heterocycles. The van der Waals surface area contributed by atoms with E-state index in [9.17, 15) is 0 Å². The highest BCUT2D eigenvalue weighted by atomic mass is 16.5. The second kappa shape index (κ2) is 5.73. The van der Waals surface area contributed by atoms with Gasteiger partial charge in [0.15, 0.2) is 0 Å². The standard InChI is InChI=1S/C21H20B2O2/c1-4-15-19(8-12(3)22)25-21-11(2)7-18-16(20(15)21)9-13-5-6-14(23)10-17(13)24-18/h4-8,10H,3,9,22-23H2,1-2H3/b15-4+,19-8+. The molecular weight excluding hydrogens is 306 g/mol. The van der Waals surface area contributed by atoms with Crippen molar-refractivity contribution in [1.82, 2.24) is 0 Å². The van der Waals surface area contributed by atoms with Crippen LogP contribution in [0.15, 0.2) is 40.7 Å². The van der Waals surface area contributed by atoms with Crippen molar-refractivity contribution in [2.24, 2.45) is 0 Å². The predicted molar refractivity (Wildman–Crippen MR) is 110 cm³/mol. The smallest absolute Gasteiger partial charge is 0.139 e. The molecular formula is C21H20B2O2. The molecule has 0 aliphatic carbocycles. The van der Waals surface area contributed by atoms with Crippen LogP contribution >= 0.6 is 0 Å². The molecule has 0 spiro atoms. The lowest BCUT2D eigenvalue weighted by molar-refractivity contribution is 0.461. The fraction of sp³-hybridized carbons (Fsp3) is 0.143. The summed E-state index contributed by atoms with van der Waals surface area (Å²) in [7, 11) is 4.07. The van der Waals surface area contributed by atoms with Gasteiger partial charge in [-0.05, 0) is 43.2 Å². The molecule has 122 valence electrons. The minimum Gasteiger partial charge on any atom is -0.457 e. The molecule has 0 saturated heterocycles. The summed E-state index contributed by atoms with van der Waals surface area (Å²) in [5.41, 5.74) is 7.52. The number of benzene rings is 2. The molecule has 2 aromatic carbocycles. The van der Waals surface area contributed by atoms with Crippen LogP contribution in [0.5, 0.6) is 11.5 Å². The van der Waals surface area contributed by atoms with E-state index in [1.54, 1.807) is 0 Å². The van der Waals surface area contributed by atoms with Crippen LogP contribution in [0.4, 0.5) is 0 Å². The maximum absolute atomic E-state index is 6.25. The van der Waals surface area contributed by atoms with E-state index >= 15 is 0 Å². The van der Waals surface area contributed by atoms with Crippen LogP contribution in [0.2, 0.25) is 0 Å². The van der Waals surface area contributed by atoms with Crippen LogP contribution in [0, 0.1) is 6.92 Å². The first kappa shape index (κ1) is 15.9. The first-order valence-corrected chi connectivity index (χ1v) is 8.64. The SMILES string of the molecule is BC(=C)/C=c1/oc2c(C)cc3c(c2/c1=C/C)Cc1ccc(B)cc1O3. The summed E-state index contributed by atoms with van der Waals surface area (Å²) in [6.07, 6.45) is 4.97. The molecule has 0 atom stereocenters. The van der Waals surface area contributed by atoms with Crippen molar-refractivity contribution in [2.75, 3.05) is 0 Å². The number of rotatable bonds is 1. The number of allylic oxidation sites excluding steroid dienone is 1. The number of hydrogen-bond donors (Lipinski definition) is 0. The van der Waals surface area contributed by atoms with Crippen molar-refractivity contribution >= 4 is 44.3 Å². The molecule has 0 bridgehead atoms. The van der Waals surface area contributed by atoms with Gasteiger partial charge >= 0.3 is 0 Å². The van der Waals surface area contributed by atoms with Crippen LogP contribution in [0.1, 0.15) is 23.6 Å². The molecule has 0 unspecified atom stereocenters. The van der Waals surface area contributed by atoms with Gasteiger partial charge in [0.05, 0.1) is 0 Å². The van der Waals surface area contributed by atoms with Crippen molar-refractivity contribution in [1.29, 1.82) is 0 Å². The number of fused-ring (bicyclic) bond motifs is 4. The lowest BCUT2D eigenvalue weighted by atomic mass is 9.90. The Balaban J connectivity index is 2.06. The summed E-state index contributed by atoms with van der Waals surface area (Å²) < 4.78 is 12.5. The van der Waals surface area contributed by atoms with E-state index in [2.05, 4.69) is 58.6 Å². The predicted octanol–water partition coefficient (Wildman–Crippen LogP) is 1.42. The van der Waals surface area contributed by atoms with Crippen LogP contribution < -0.4 is 20.8 Å². The van der Waals surface area contributed by atoms with Crippen molar-refractivity contribution in [2.45, 2.75) is 20.3 Å². The highest BCUT2D eigenvalue weighted by molar-refractivity contribution is 6.32. The molecule has 3 aromatic rings.